The van der Waals surface area contributed by atoms with E-state index in [0.717, 1.165) is 132 Å². The zero-order valence-corrected chi connectivity index (χ0v) is 58.3. The van der Waals surface area contributed by atoms with Crippen molar-refractivity contribution in [1.82, 2.24) is 9.97 Å². The molecule has 0 radical (unpaired) electrons. The van der Waals surface area contributed by atoms with E-state index in [-0.39, 0.29) is 24.3 Å². The minimum Gasteiger partial charge on any atom is -0.440 e. The molecule has 0 bridgehead atoms. The fraction of sp³-hybridized carbons (Fsp3) is 0.172. The maximum Gasteiger partial charge on any atom is 0.266 e. The van der Waals surface area contributed by atoms with Crippen LogP contribution in [0.3, 0.4) is 0 Å². The van der Waals surface area contributed by atoms with Crippen molar-refractivity contribution in [3.8, 4) is 11.6 Å². The Bertz CT molecular complexity index is 5450. The summed E-state index contributed by atoms with van der Waals surface area (Å²) < 4.78 is 9.85. The zero-order valence-electron chi connectivity index (χ0n) is 57.5. The van der Waals surface area contributed by atoms with Crippen molar-refractivity contribution in [2.75, 3.05) is 24.5 Å². The second kappa shape index (κ2) is 22.2. The number of anilines is 15. The Hall–Kier alpha value is -10.6. The van der Waals surface area contributed by atoms with Gasteiger partial charge in [-0.1, -0.05) is 179 Å². The average molecular weight is 1290 g/mol. The van der Waals surface area contributed by atoms with E-state index in [0.29, 0.717) is 5.88 Å². The monoisotopic (exact) mass is 1290 g/mol. The number of pyridine rings is 2. The Labute approximate surface area is 580 Å². The van der Waals surface area contributed by atoms with E-state index in [1.165, 1.54) is 64.8 Å². The van der Waals surface area contributed by atoms with Crippen LogP contribution in [0.2, 0.25) is 0 Å². The standard InChI is InChI=1S/C87H75B2N7OS/c1-52-40-43-75-62(46-52)82-83(98-75)89-67-48-66-70(93(60-34-16-13-17-35-60)73-51-77(91-85-79(73)88(66)65-36-20-23-39-74(65)97-85)96(69-38-22-19-27-54(69)3)81-57(6)30-25-31-58(81)7)49-71(67)92(59-32-14-12-15-33-59)72-50-76(95(68-37-21-18-26-53(68)2)80-55(4)28-24-29-56(80)5)90-84(78(72)89)94(82)61-41-42-63-64(47-61)87(10,11)45-44-86(63,8)9/h12-43,46-51H,44-45H2,1-11H3. The van der Waals surface area contributed by atoms with Crippen LogP contribution in [0.25, 0.3) is 10.1 Å². The van der Waals surface area contributed by atoms with Crippen LogP contribution in [-0.2, 0) is 10.8 Å². The number of fused-ring (bicyclic) bond motifs is 11. The van der Waals surface area contributed by atoms with Crippen LogP contribution >= 0.6 is 11.3 Å². The molecule has 0 saturated heterocycles. The summed E-state index contributed by atoms with van der Waals surface area (Å²) >= 11 is 1.94. The van der Waals surface area contributed by atoms with Gasteiger partial charge >= 0.3 is 0 Å². The first-order valence-electron chi connectivity index (χ1n) is 34.6. The third-order valence-electron chi connectivity index (χ3n) is 21.9. The van der Waals surface area contributed by atoms with Gasteiger partial charge in [0, 0.05) is 66.6 Å². The summed E-state index contributed by atoms with van der Waals surface area (Å²) in [4.78, 5) is 24.6. The fourth-order valence-electron chi connectivity index (χ4n) is 17.1. The molecular weight excluding hydrogens is 1210 g/mol. The predicted octanol–water partition coefficient (Wildman–Crippen LogP) is 19.6. The summed E-state index contributed by atoms with van der Waals surface area (Å²) in [6, 6.07) is 85.9. The minimum atomic E-state index is -0.266. The quantitative estimate of drug-likeness (QED) is 0.133. The lowest BCUT2D eigenvalue weighted by Gasteiger charge is -2.46. The Kier molecular flexibility index (Phi) is 13.6. The molecule has 1 aliphatic carbocycles. The predicted molar refractivity (Wildman–Crippen MR) is 415 cm³/mol. The molecule has 13 aromatic rings. The van der Waals surface area contributed by atoms with Gasteiger partial charge in [-0.25, -0.2) is 4.98 Å². The Balaban J connectivity index is 0.978. The molecule has 4 aliphatic heterocycles. The zero-order chi connectivity index (χ0) is 66.8. The van der Waals surface area contributed by atoms with Crippen LogP contribution in [0.1, 0.15) is 90.6 Å². The molecule has 3 aromatic heterocycles. The van der Waals surface area contributed by atoms with E-state index in [9.17, 15) is 0 Å². The fourth-order valence-corrected chi connectivity index (χ4v) is 18.3. The van der Waals surface area contributed by atoms with Gasteiger partial charge in [0.1, 0.15) is 23.2 Å². The van der Waals surface area contributed by atoms with Crippen LogP contribution in [-0.4, -0.2) is 23.4 Å². The van der Waals surface area contributed by atoms with Crippen molar-refractivity contribution in [2.24, 2.45) is 0 Å². The lowest BCUT2D eigenvalue weighted by atomic mass is 9.32. The third kappa shape index (κ3) is 9.04. The topological polar surface area (TPSA) is 51.2 Å². The molecule has 5 aliphatic rings. The molecule has 98 heavy (non-hydrogen) atoms. The smallest absolute Gasteiger partial charge is 0.266 e. The van der Waals surface area contributed by atoms with Crippen LogP contribution in [0.15, 0.2) is 231 Å². The molecule has 0 unspecified atom stereocenters. The molecule has 7 heterocycles. The van der Waals surface area contributed by atoms with E-state index in [1.54, 1.807) is 0 Å². The number of ether oxygens (including phenoxy) is 1. The van der Waals surface area contributed by atoms with Crippen LogP contribution in [0.5, 0.6) is 11.6 Å². The Morgan fingerprint density at radius 1 is 0.418 bits per heavy atom. The summed E-state index contributed by atoms with van der Waals surface area (Å²) in [7, 11) is 0. The number of hydrogen-bond donors (Lipinski definition) is 0. The summed E-state index contributed by atoms with van der Waals surface area (Å²) in [5.74, 6) is 3.93. The second-order valence-corrected chi connectivity index (χ2v) is 30.2. The third-order valence-corrected chi connectivity index (χ3v) is 23.2. The molecule has 0 spiro atoms. The van der Waals surface area contributed by atoms with E-state index in [1.807, 2.05) is 11.3 Å². The second-order valence-electron chi connectivity index (χ2n) is 29.1. The molecule has 10 aromatic carbocycles. The van der Waals surface area contributed by atoms with Crippen LogP contribution in [0, 0.1) is 48.5 Å². The Morgan fingerprint density at radius 3 is 1.54 bits per heavy atom. The molecule has 0 N–H and O–H groups in total. The van der Waals surface area contributed by atoms with Crippen molar-refractivity contribution in [3.05, 3.63) is 281 Å². The number of rotatable bonds is 9. The molecule has 8 nitrogen and oxygen atoms in total. The summed E-state index contributed by atoms with van der Waals surface area (Å²) in [5.41, 5.74) is 29.7. The van der Waals surface area contributed by atoms with Gasteiger partial charge in [0.2, 0.25) is 5.88 Å². The summed E-state index contributed by atoms with van der Waals surface area (Å²) in [6.07, 6.45) is 2.23. The van der Waals surface area contributed by atoms with Crippen molar-refractivity contribution >= 4 is 153 Å². The lowest BCUT2D eigenvalue weighted by molar-refractivity contribution is 0.332. The maximum atomic E-state index is 7.31. The molecule has 11 heteroatoms. The average Bonchev–Trinajstić information content (AvgIpc) is 1.10. The van der Waals surface area contributed by atoms with Gasteiger partial charge in [-0.05, 0) is 211 Å². The molecule has 18 rings (SSSR count). The number of aromatic nitrogens is 2. The van der Waals surface area contributed by atoms with Gasteiger partial charge in [0.05, 0.1) is 34.1 Å². The van der Waals surface area contributed by atoms with Crippen molar-refractivity contribution < 1.29 is 4.74 Å². The van der Waals surface area contributed by atoms with Crippen LogP contribution in [0.4, 0.5) is 85.7 Å². The van der Waals surface area contributed by atoms with Gasteiger partial charge < -0.3 is 14.5 Å². The van der Waals surface area contributed by atoms with E-state index < -0.39 is 0 Å². The van der Waals surface area contributed by atoms with E-state index in [2.05, 4.69) is 331 Å². The first kappa shape index (κ1) is 59.9. The highest BCUT2D eigenvalue weighted by Crippen LogP contribution is 2.55. The molecule has 476 valence electrons. The summed E-state index contributed by atoms with van der Waals surface area (Å²) in [6.45, 7) is 24.8. The number of thiophene rings is 1. The van der Waals surface area contributed by atoms with Crippen molar-refractivity contribution in [1.29, 1.82) is 0 Å². The molecule has 0 atom stereocenters. The van der Waals surface area contributed by atoms with E-state index in [4.69, 9.17) is 14.7 Å². The normalized spacial score (nSPS) is 14.7. The minimum absolute atomic E-state index is 0.0201. The van der Waals surface area contributed by atoms with Crippen molar-refractivity contribution in [2.45, 2.75) is 99.8 Å². The molecule has 0 saturated carbocycles. The maximum absolute atomic E-state index is 7.31. The van der Waals surface area contributed by atoms with Gasteiger partial charge in [0.15, 0.2) is 0 Å². The highest BCUT2D eigenvalue weighted by Gasteiger charge is 2.51. The largest absolute Gasteiger partial charge is 0.440 e. The van der Waals surface area contributed by atoms with Gasteiger partial charge in [0.25, 0.3) is 13.4 Å². The summed E-state index contributed by atoms with van der Waals surface area (Å²) in [5, 5.41) is 1.23. The Morgan fingerprint density at radius 2 is 0.939 bits per heavy atom. The molecule has 0 fully saturated rings. The number of para-hydroxylation sites is 7. The molecular formula is C87H75B2N7OS. The number of benzene rings is 10. The van der Waals surface area contributed by atoms with Gasteiger partial charge in [-0.3, -0.25) is 14.7 Å². The van der Waals surface area contributed by atoms with Crippen molar-refractivity contribution in [3.63, 3.8) is 0 Å². The van der Waals surface area contributed by atoms with Gasteiger partial charge in [-0.15, -0.1) is 11.3 Å². The number of nitrogens with zero attached hydrogens (tertiary/aromatic N) is 7. The molecule has 0 amide bonds. The first-order chi connectivity index (χ1) is 47.5. The SMILES string of the molecule is Cc1ccc2sc3c(c2c1)N(c1ccc2c(c1)C(C)(C)CCC2(C)C)c1nc(N(c2ccccc2C)c2c(C)cccc2C)cc2c1B3c1cc3c(cc1N2c1ccccc1)N(c1ccccc1)c1cc(N(c2ccccc2C)c2c(C)cccc2C)nc2c1B3c1ccccc1O2. The van der Waals surface area contributed by atoms with Gasteiger partial charge in [-0.2, -0.15) is 4.98 Å². The van der Waals surface area contributed by atoms with Crippen LogP contribution < -0.4 is 61.3 Å². The highest BCUT2D eigenvalue weighted by molar-refractivity contribution is 7.33. The highest BCUT2D eigenvalue weighted by atomic mass is 32.1. The lowest BCUT2D eigenvalue weighted by Crippen LogP contribution is -2.64. The first-order valence-corrected chi connectivity index (χ1v) is 35.4. The van der Waals surface area contributed by atoms with E-state index >= 15 is 0 Å². The number of hydrogen-bond acceptors (Lipinski definition) is 9. The number of aryl methyl sites for hydroxylation is 7.